The van der Waals surface area contributed by atoms with Gasteiger partial charge in [-0.05, 0) is 36.4 Å². The molecule has 158 valence electrons. The van der Waals surface area contributed by atoms with Crippen molar-refractivity contribution in [3.05, 3.63) is 60.4 Å². The average molecular weight is 431 g/mol. The van der Waals surface area contributed by atoms with Crippen LogP contribution in [0.15, 0.2) is 59.5 Å². The zero-order valence-corrected chi connectivity index (χ0v) is 17.1. The quantitative estimate of drug-likeness (QED) is 0.739. The van der Waals surface area contributed by atoms with Crippen molar-refractivity contribution in [1.29, 1.82) is 0 Å². The Hall–Kier alpha value is -2.78. The molecule has 9 heteroatoms. The van der Waals surface area contributed by atoms with Crippen molar-refractivity contribution >= 4 is 27.5 Å². The lowest BCUT2D eigenvalue weighted by Crippen LogP contribution is -2.52. The maximum atomic E-state index is 13.1. The summed E-state index contributed by atoms with van der Waals surface area (Å²) in [5.74, 6) is -1.14. The summed E-state index contributed by atoms with van der Waals surface area (Å²) in [6.07, 6.45) is 0.155. The second kappa shape index (κ2) is 8.16. The number of halogens is 1. The van der Waals surface area contributed by atoms with Crippen LogP contribution in [0.4, 0.5) is 10.1 Å². The minimum atomic E-state index is -3.73. The second-order valence-corrected chi connectivity index (χ2v) is 9.36. The summed E-state index contributed by atoms with van der Waals surface area (Å²) in [6.45, 7) is 1.17. The third-order valence-corrected chi connectivity index (χ3v) is 7.46. The third-order valence-electron chi connectivity index (χ3n) is 5.54. The molecule has 2 fully saturated rings. The molecular formula is C21H22FN3O4S. The van der Waals surface area contributed by atoms with E-state index >= 15 is 0 Å². The molecule has 0 N–H and O–H groups in total. The molecule has 7 nitrogen and oxygen atoms in total. The van der Waals surface area contributed by atoms with Gasteiger partial charge in [-0.1, -0.05) is 18.2 Å². The molecule has 0 aliphatic carbocycles. The first-order chi connectivity index (χ1) is 14.4. The Bertz CT molecular complexity index is 1040. The molecule has 4 rings (SSSR count). The van der Waals surface area contributed by atoms with Crippen LogP contribution in [0.2, 0.25) is 0 Å². The molecule has 0 radical (unpaired) electrons. The Morgan fingerprint density at radius 2 is 1.57 bits per heavy atom. The molecule has 2 saturated heterocycles. The van der Waals surface area contributed by atoms with E-state index in [-0.39, 0.29) is 49.3 Å². The Kier molecular flexibility index (Phi) is 5.57. The van der Waals surface area contributed by atoms with Crippen LogP contribution in [0, 0.1) is 11.7 Å². The first-order valence-corrected chi connectivity index (χ1v) is 11.2. The van der Waals surface area contributed by atoms with Crippen LogP contribution in [0.25, 0.3) is 0 Å². The van der Waals surface area contributed by atoms with Gasteiger partial charge in [0.25, 0.3) is 0 Å². The first kappa shape index (κ1) is 20.5. The average Bonchev–Trinajstić information content (AvgIpc) is 3.16. The van der Waals surface area contributed by atoms with Crippen molar-refractivity contribution in [2.75, 3.05) is 37.6 Å². The fourth-order valence-corrected chi connectivity index (χ4v) is 5.32. The fraction of sp³-hybridized carbons (Fsp3) is 0.333. The number of carbonyl (C=O) groups is 2. The molecule has 0 spiro atoms. The lowest BCUT2D eigenvalue weighted by molar-refractivity contribution is -0.136. The van der Waals surface area contributed by atoms with Gasteiger partial charge in [0.05, 0.1) is 10.8 Å². The number of piperazine rings is 1. The minimum Gasteiger partial charge on any atom is -0.340 e. The SMILES string of the molecule is O=C([C@H]1CC(=O)N(c2ccccc2)C1)N1CCN(S(=O)(=O)c2ccc(F)cc2)CC1. The summed E-state index contributed by atoms with van der Waals surface area (Å²) in [5.41, 5.74) is 0.771. The molecule has 2 aromatic rings. The van der Waals surface area contributed by atoms with Gasteiger partial charge in [0, 0.05) is 44.8 Å². The highest BCUT2D eigenvalue weighted by Gasteiger charge is 2.39. The van der Waals surface area contributed by atoms with Crippen LogP contribution >= 0.6 is 0 Å². The number of rotatable bonds is 4. The van der Waals surface area contributed by atoms with Gasteiger partial charge in [-0.2, -0.15) is 4.31 Å². The number of nitrogens with zero attached hydrogens (tertiary/aromatic N) is 3. The van der Waals surface area contributed by atoms with Crippen LogP contribution in [0.1, 0.15) is 6.42 Å². The lowest BCUT2D eigenvalue weighted by Gasteiger charge is -2.35. The molecule has 1 atom stereocenters. The minimum absolute atomic E-state index is 0.0311. The predicted octanol–water partition coefficient (Wildman–Crippen LogP) is 1.71. The molecule has 0 saturated carbocycles. The van der Waals surface area contributed by atoms with E-state index in [2.05, 4.69) is 0 Å². The first-order valence-electron chi connectivity index (χ1n) is 9.76. The zero-order chi connectivity index (χ0) is 21.3. The molecule has 2 heterocycles. The summed E-state index contributed by atoms with van der Waals surface area (Å²) in [6, 6.07) is 13.9. The molecule has 30 heavy (non-hydrogen) atoms. The topological polar surface area (TPSA) is 78.0 Å². The Labute approximate surface area is 174 Å². The highest BCUT2D eigenvalue weighted by molar-refractivity contribution is 7.89. The molecule has 0 aromatic heterocycles. The summed E-state index contributed by atoms with van der Waals surface area (Å²) in [7, 11) is -3.73. The molecule has 2 aliphatic rings. The van der Waals surface area contributed by atoms with Crippen molar-refractivity contribution in [1.82, 2.24) is 9.21 Å². The van der Waals surface area contributed by atoms with E-state index in [1.165, 1.54) is 16.4 Å². The van der Waals surface area contributed by atoms with Gasteiger partial charge in [-0.15, -0.1) is 0 Å². The van der Waals surface area contributed by atoms with Crippen molar-refractivity contribution in [3.63, 3.8) is 0 Å². The standard InChI is InChI=1S/C21H22FN3O4S/c22-17-6-8-19(9-7-17)30(28,29)24-12-10-23(11-13-24)21(27)16-14-20(26)25(15-16)18-4-2-1-3-5-18/h1-9,16H,10-15H2/t16-/m0/s1. The van der Waals surface area contributed by atoms with Crippen molar-refractivity contribution in [2.45, 2.75) is 11.3 Å². The second-order valence-electron chi connectivity index (χ2n) is 7.42. The van der Waals surface area contributed by atoms with Gasteiger partial charge in [0.2, 0.25) is 21.8 Å². The largest absolute Gasteiger partial charge is 0.340 e. The van der Waals surface area contributed by atoms with E-state index in [0.717, 1.165) is 17.8 Å². The molecule has 2 aliphatic heterocycles. The van der Waals surface area contributed by atoms with Gasteiger partial charge < -0.3 is 9.80 Å². The fourth-order valence-electron chi connectivity index (χ4n) is 3.89. The highest BCUT2D eigenvalue weighted by atomic mass is 32.2. The zero-order valence-electron chi connectivity index (χ0n) is 16.3. The number of amides is 2. The summed E-state index contributed by atoms with van der Waals surface area (Å²) >= 11 is 0. The lowest BCUT2D eigenvalue weighted by atomic mass is 10.1. The molecule has 0 unspecified atom stereocenters. The van der Waals surface area contributed by atoms with E-state index in [1.54, 1.807) is 9.80 Å². The number of anilines is 1. The van der Waals surface area contributed by atoms with E-state index in [4.69, 9.17) is 0 Å². The van der Waals surface area contributed by atoms with E-state index < -0.39 is 21.8 Å². The van der Waals surface area contributed by atoms with Crippen LogP contribution in [-0.4, -0.2) is 62.2 Å². The number of carbonyl (C=O) groups excluding carboxylic acids is 2. The van der Waals surface area contributed by atoms with Crippen LogP contribution in [0.5, 0.6) is 0 Å². The molecule has 2 aromatic carbocycles. The number of sulfonamides is 1. The number of hydrogen-bond acceptors (Lipinski definition) is 4. The Morgan fingerprint density at radius 1 is 0.933 bits per heavy atom. The Balaban J connectivity index is 1.38. The van der Waals surface area contributed by atoms with Crippen molar-refractivity contribution < 1.29 is 22.4 Å². The van der Waals surface area contributed by atoms with Gasteiger partial charge in [0.15, 0.2) is 0 Å². The summed E-state index contributed by atoms with van der Waals surface area (Å²) in [4.78, 5) is 28.6. The van der Waals surface area contributed by atoms with Crippen LogP contribution in [0.3, 0.4) is 0 Å². The highest BCUT2D eigenvalue weighted by Crippen LogP contribution is 2.27. The van der Waals surface area contributed by atoms with Gasteiger partial charge >= 0.3 is 0 Å². The summed E-state index contributed by atoms with van der Waals surface area (Å²) < 4.78 is 39.8. The van der Waals surface area contributed by atoms with Crippen LogP contribution in [-0.2, 0) is 19.6 Å². The normalized spacial score (nSPS) is 20.6. The number of hydrogen-bond donors (Lipinski definition) is 0. The molecular weight excluding hydrogens is 409 g/mol. The van der Waals surface area contributed by atoms with E-state index in [1.807, 2.05) is 30.3 Å². The van der Waals surface area contributed by atoms with Gasteiger partial charge in [-0.3, -0.25) is 9.59 Å². The number of benzene rings is 2. The maximum Gasteiger partial charge on any atom is 0.243 e. The van der Waals surface area contributed by atoms with Gasteiger partial charge in [0.1, 0.15) is 5.82 Å². The maximum absolute atomic E-state index is 13.1. The van der Waals surface area contributed by atoms with Crippen LogP contribution < -0.4 is 4.90 Å². The molecule has 0 bridgehead atoms. The molecule has 2 amide bonds. The van der Waals surface area contributed by atoms with E-state index in [0.29, 0.717) is 6.54 Å². The summed E-state index contributed by atoms with van der Waals surface area (Å²) in [5, 5.41) is 0. The Morgan fingerprint density at radius 3 is 2.20 bits per heavy atom. The third kappa shape index (κ3) is 3.95. The number of para-hydroxylation sites is 1. The van der Waals surface area contributed by atoms with Crippen molar-refractivity contribution in [3.8, 4) is 0 Å². The monoisotopic (exact) mass is 431 g/mol. The van der Waals surface area contributed by atoms with E-state index in [9.17, 15) is 22.4 Å². The predicted molar refractivity (Wildman–Crippen MR) is 109 cm³/mol. The van der Waals surface area contributed by atoms with Gasteiger partial charge in [-0.25, -0.2) is 12.8 Å². The smallest absolute Gasteiger partial charge is 0.243 e. The van der Waals surface area contributed by atoms with Crippen molar-refractivity contribution in [2.24, 2.45) is 5.92 Å².